The highest BCUT2D eigenvalue weighted by Crippen LogP contribution is 2.35. The smallest absolute Gasteiger partial charge is 0.288 e. The first kappa shape index (κ1) is 17.6. The lowest BCUT2D eigenvalue weighted by molar-refractivity contribution is 0.0914. The van der Waals surface area contributed by atoms with Gasteiger partial charge in [-0.25, -0.2) is 0 Å². The predicted molar refractivity (Wildman–Crippen MR) is 90.3 cm³/mol. The van der Waals surface area contributed by atoms with E-state index in [0.717, 1.165) is 0 Å². The van der Waals surface area contributed by atoms with Gasteiger partial charge in [-0.05, 0) is 24.3 Å². The molecule has 0 spiro atoms. The molecular weight excluding hydrogens is 393 g/mol. The van der Waals surface area contributed by atoms with Crippen LogP contribution in [-0.2, 0) is 0 Å². The first-order valence-corrected chi connectivity index (χ1v) is 7.79. The van der Waals surface area contributed by atoms with E-state index in [0.29, 0.717) is 10.7 Å². The number of furan rings is 1. The largest absolute Gasteiger partial charge is 0.459 e. The number of anilines is 1. The first-order chi connectivity index (χ1) is 10.3. The quantitative estimate of drug-likeness (QED) is 0.551. The van der Waals surface area contributed by atoms with Crippen LogP contribution in [0.5, 0.6) is 0 Å². The number of hydrogen-bond acceptors (Lipinski definition) is 3. The van der Waals surface area contributed by atoms with E-state index in [9.17, 15) is 4.79 Å². The fourth-order valence-electron chi connectivity index (χ4n) is 1.58. The van der Waals surface area contributed by atoms with E-state index in [4.69, 9.17) is 62.4 Å². The van der Waals surface area contributed by atoms with Crippen molar-refractivity contribution in [2.24, 2.45) is 0 Å². The van der Waals surface area contributed by atoms with Crippen LogP contribution in [0.4, 0.5) is 5.69 Å². The molecule has 2 N–H and O–H groups in total. The van der Waals surface area contributed by atoms with Gasteiger partial charge in [0, 0.05) is 0 Å². The summed E-state index contributed by atoms with van der Waals surface area (Å²) in [6.07, 6.45) is 0.298. The van der Waals surface area contributed by atoms with Gasteiger partial charge in [-0.3, -0.25) is 4.79 Å². The zero-order valence-corrected chi connectivity index (χ0v) is 14.5. The van der Waals surface area contributed by atoms with Crippen LogP contribution in [0, 0.1) is 0 Å². The first-order valence-electron chi connectivity index (χ1n) is 5.90. The summed E-state index contributed by atoms with van der Waals surface area (Å²) in [6, 6.07) is 7.97. The number of carbonyl (C=O) groups excluding carboxylic acids is 1. The van der Waals surface area contributed by atoms with Crippen LogP contribution in [-0.4, -0.2) is 15.9 Å². The fourth-order valence-corrected chi connectivity index (χ4v) is 2.26. The molecule has 9 heteroatoms. The minimum atomic E-state index is -1.84. The Labute approximate surface area is 151 Å². The van der Waals surface area contributed by atoms with E-state index < -0.39 is 15.9 Å². The fraction of sp³-hybridized carbons (Fsp3) is 0.154. The molecule has 4 nitrogen and oxygen atoms in total. The summed E-state index contributed by atoms with van der Waals surface area (Å²) in [5.41, 5.74) is 0.408. The van der Waals surface area contributed by atoms with Crippen LogP contribution >= 0.6 is 58.0 Å². The maximum absolute atomic E-state index is 12.0. The summed E-state index contributed by atoms with van der Waals surface area (Å²) in [5, 5.41) is 5.92. The van der Waals surface area contributed by atoms with Crippen molar-refractivity contribution in [3.05, 3.63) is 52.4 Å². The number of nitrogens with one attached hydrogen (secondary N) is 2. The zero-order valence-electron chi connectivity index (χ0n) is 10.7. The summed E-state index contributed by atoms with van der Waals surface area (Å²) in [6.45, 7) is 0. The van der Waals surface area contributed by atoms with Gasteiger partial charge in [0.1, 0.15) is 6.17 Å². The third kappa shape index (κ3) is 4.37. The summed E-state index contributed by atoms with van der Waals surface area (Å²) < 4.78 is 3.15. The van der Waals surface area contributed by atoms with Crippen LogP contribution in [0.3, 0.4) is 0 Å². The molecule has 118 valence electrons. The Bertz CT molecular complexity index is 655. The molecule has 1 heterocycles. The molecule has 1 aromatic heterocycles. The Balaban J connectivity index is 2.20. The molecule has 0 saturated carbocycles. The monoisotopic (exact) mass is 400 g/mol. The summed E-state index contributed by atoms with van der Waals surface area (Å²) >= 11 is 29.7. The molecule has 0 fully saturated rings. The molecule has 0 radical (unpaired) electrons. The molecule has 2 aromatic rings. The molecule has 0 aliphatic rings. The number of halogens is 5. The normalized spacial score (nSPS) is 12.8. The number of alkyl halides is 3. The van der Waals surface area contributed by atoms with Gasteiger partial charge in [0.15, 0.2) is 5.76 Å². The lowest BCUT2D eigenvalue weighted by Crippen LogP contribution is -2.49. The summed E-state index contributed by atoms with van der Waals surface area (Å²) in [5.74, 6) is -0.467. The lowest BCUT2D eigenvalue weighted by Gasteiger charge is -2.27. The Morgan fingerprint density at radius 3 is 2.45 bits per heavy atom. The molecule has 0 unspecified atom stereocenters. The van der Waals surface area contributed by atoms with Gasteiger partial charge in [-0.2, -0.15) is 0 Å². The maximum atomic E-state index is 12.0. The second-order valence-electron chi connectivity index (χ2n) is 4.17. The standard InChI is InChI=1S/C13H9Cl5N2O2/c14-7-3-1-4-8(10(7)15)19-12(13(16,17)18)20-11(21)9-5-2-6-22-9/h1-6,12,19H,(H,20,21)/t12-/m0/s1. The second-order valence-corrected chi connectivity index (χ2v) is 7.33. The molecular formula is C13H9Cl5N2O2. The minimum Gasteiger partial charge on any atom is -0.459 e. The minimum absolute atomic E-state index is 0.0817. The molecule has 22 heavy (non-hydrogen) atoms. The van der Waals surface area contributed by atoms with Crippen molar-refractivity contribution in [1.29, 1.82) is 0 Å². The van der Waals surface area contributed by atoms with Crippen molar-refractivity contribution in [3.63, 3.8) is 0 Å². The van der Waals surface area contributed by atoms with Crippen molar-refractivity contribution < 1.29 is 9.21 Å². The molecule has 1 amide bonds. The summed E-state index contributed by atoms with van der Waals surface area (Å²) in [7, 11) is 0. The molecule has 0 bridgehead atoms. The molecule has 1 atom stereocenters. The average Bonchev–Trinajstić information content (AvgIpc) is 2.96. The van der Waals surface area contributed by atoms with Gasteiger partial charge in [-0.15, -0.1) is 0 Å². The average molecular weight is 402 g/mol. The summed E-state index contributed by atoms with van der Waals surface area (Å²) in [4.78, 5) is 12.0. The lowest BCUT2D eigenvalue weighted by atomic mass is 10.3. The highest BCUT2D eigenvalue weighted by atomic mass is 35.6. The molecule has 1 aromatic carbocycles. The second kappa shape index (κ2) is 7.20. The SMILES string of the molecule is O=C(N[C@H](Nc1cccc(Cl)c1Cl)C(Cl)(Cl)Cl)c1ccco1. The highest BCUT2D eigenvalue weighted by molar-refractivity contribution is 6.68. The zero-order chi connectivity index (χ0) is 16.3. The van der Waals surface area contributed by atoms with Crippen LogP contribution in [0.1, 0.15) is 10.6 Å². The van der Waals surface area contributed by atoms with Crippen LogP contribution in [0.15, 0.2) is 41.0 Å². The number of hydrogen-bond donors (Lipinski definition) is 2. The van der Waals surface area contributed by atoms with Crippen molar-refractivity contribution in [3.8, 4) is 0 Å². The van der Waals surface area contributed by atoms with Crippen LogP contribution < -0.4 is 10.6 Å². The number of benzene rings is 1. The highest BCUT2D eigenvalue weighted by Gasteiger charge is 2.35. The Morgan fingerprint density at radius 2 is 1.86 bits per heavy atom. The Kier molecular flexibility index (Phi) is 5.75. The Morgan fingerprint density at radius 1 is 1.14 bits per heavy atom. The van der Waals surface area contributed by atoms with Crippen LogP contribution in [0.25, 0.3) is 0 Å². The third-order valence-corrected chi connectivity index (χ3v) is 4.07. The van der Waals surface area contributed by atoms with E-state index in [2.05, 4.69) is 10.6 Å². The van der Waals surface area contributed by atoms with E-state index >= 15 is 0 Å². The molecule has 2 rings (SSSR count). The van der Waals surface area contributed by atoms with E-state index in [-0.39, 0.29) is 10.8 Å². The Hall–Kier alpha value is -0.780. The number of amides is 1. The third-order valence-electron chi connectivity index (χ3n) is 2.60. The molecule has 0 aliphatic heterocycles. The number of rotatable bonds is 4. The van der Waals surface area contributed by atoms with Crippen molar-refractivity contribution in [1.82, 2.24) is 5.32 Å². The van der Waals surface area contributed by atoms with Crippen LogP contribution in [0.2, 0.25) is 10.0 Å². The molecule has 0 saturated heterocycles. The topological polar surface area (TPSA) is 54.3 Å². The van der Waals surface area contributed by atoms with Gasteiger partial charge in [0.2, 0.25) is 3.79 Å². The van der Waals surface area contributed by atoms with Gasteiger partial charge in [0.05, 0.1) is 22.0 Å². The molecule has 0 aliphatic carbocycles. The van der Waals surface area contributed by atoms with E-state index in [1.165, 1.54) is 12.3 Å². The van der Waals surface area contributed by atoms with Gasteiger partial charge >= 0.3 is 0 Å². The van der Waals surface area contributed by atoms with Gasteiger partial charge in [0.25, 0.3) is 5.91 Å². The number of carbonyl (C=O) groups is 1. The van der Waals surface area contributed by atoms with Crippen molar-refractivity contribution in [2.75, 3.05) is 5.32 Å². The van der Waals surface area contributed by atoms with Gasteiger partial charge in [-0.1, -0.05) is 64.1 Å². The van der Waals surface area contributed by atoms with E-state index in [1.807, 2.05) is 0 Å². The van der Waals surface area contributed by atoms with Crippen molar-refractivity contribution >= 4 is 69.6 Å². The van der Waals surface area contributed by atoms with Gasteiger partial charge < -0.3 is 15.1 Å². The predicted octanol–water partition coefficient (Wildman–Crippen LogP) is 5.12. The van der Waals surface area contributed by atoms with E-state index in [1.54, 1.807) is 24.3 Å². The van der Waals surface area contributed by atoms with Crippen molar-refractivity contribution in [2.45, 2.75) is 9.96 Å². The maximum Gasteiger partial charge on any atom is 0.288 e.